The number of methoxy groups -OCH3 is 1. The average Bonchev–Trinajstić information content (AvgIpc) is 2.75. The zero-order valence-electron chi connectivity index (χ0n) is 9.27. The molecule has 0 radical (unpaired) electrons. The fraction of sp³-hybridized carbons (Fsp3) is 0.273. The third-order valence-corrected chi connectivity index (χ3v) is 2.48. The van der Waals surface area contributed by atoms with Crippen LogP contribution in [0, 0.1) is 0 Å². The number of aromatic amines is 1. The van der Waals surface area contributed by atoms with Gasteiger partial charge < -0.3 is 10.5 Å². The Labute approximate surface area is 93.7 Å². The molecule has 0 spiro atoms. The predicted molar refractivity (Wildman–Crippen MR) is 61.3 cm³/mol. The van der Waals surface area contributed by atoms with Crippen LogP contribution in [0.25, 0.3) is 0 Å². The lowest BCUT2D eigenvalue weighted by Gasteiger charge is -2.09. The summed E-state index contributed by atoms with van der Waals surface area (Å²) in [6.07, 6.45) is 0. The number of pyridine rings is 1. The maximum atomic E-state index is 5.56. The van der Waals surface area contributed by atoms with Crippen LogP contribution in [-0.2, 0) is 0 Å². The van der Waals surface area contributed by atoms with E-state index in [1.54, 1.807) is 7.11 Å². The molecule has 16 heavy (non-hydrogen) atoms. The molecule has 3 N–H and O–H groups in total. The van der Waals surface area contributed by atoms with Crippen molar-refractivity contribution in [2.45, 2.75) is 12.8 Å². The number of ether oxygens (including phenoxy) is 1. The molecule has 2 heterocycles. The van der Waals surface area contributed by atoms with Crippen molar-refractivity contribution in [2.24, 2.45) is 0 Å². The van der Waals surface area contributed by atoms with E-state index in [-0.39, 0.29) is 5.92 Å². The van der Waals surface area contributed by atoms with Crippen molar-refractivity contribution in [1.82, 2.24) is 15.2 Å². The first-order chi connectivity index (χ1) is 7.70. The molecule has 0 bridgehead atoms. The Morgan fingerprint density at radius 3 is 2.88 bits per heavy atom. The second-order valence-corrected chi connectivity index (χ2v) is 3.57. The molecule has 0 aliphatic carbocycles. The minimum atomic E-state index is 0.111. The van der Waals surface area contributed by atoms with E-state index in [2.05, 4.69) is 15.2 Å². The minimum Gasteiger partial charge on any atom is -0.481 e. The van der Waals surface area contributed by atoms with Crippen LogP contribution in [0.15, 0.2) is 24.3 Å². The Bertz CT molecular complexity index is 480. The van der Waals surface area contributed by atoms with Crippen LogP contribution in [0.4, 0.5) is 5.82 Å². The van der Waals surface area contributed by atoms with Gasteiger partial charge in [-0.1, -0.05) is 13.0 Å². The molecule has 1 unspecified atom stereocenters. The zero-order chi connectivity index (χ0) is 11.5. The molecule has 2 aromatic heterocycles. The fourth-order valence-corrected chi connectivity index (χ4v) is 1.52. The molecule has 5 heteroatoms. The molecule has 0 aliphatic heterocycles. The number of hydrogen-bond donors (Lipinski definition) is 2. The SMILES string of the molecule is COc1cccc(C(C)c2cc(N)n[nH]2)n1. The van der Waals surface area contributed by atoms with Crippen molar-refractivity contribution in [3.63, 3.8) is 0 Å². The highest BCUT2D eigenvalue weighted by Gasteiger charge is 2.12. The van der Waals surface area contributed by atoms with Crippen molar-refractivity contribution >= 4 is 5.82 Å². The largest absolute Gasteiger partial charge is 0.481 e. The number of aromatic nitrogens is 3. The van der Waals surface area contributed by atoms with Gasteiger partial charge in [0.15, 0.2) is 0 Å². The van der Waals surface area contributed by atoms with Gasteiger partial charge in [0.25, 0.3) is 0 Å². The van der Waals surface area contributed by atoms with Gasteiger partial charge in [-0.15, -0.1) is 0 Å². The van der Waals surface area contributed by atoms with E-state index in [4.69, 9.17) is 10.5 Å². The standard InChI is InChI=1S/C11H14N4O/c1-7(9-6-10(12)15-14-9)8-4-3-5-11(13-8)16-2/h3-7H,1-2H3,(H3,12,14,15). The summed E-state index contributed by atoms with van der Waals surface area (Å²) in [4.78, 5) is 4.37. The van der Waals surface area contributed by atoms with Crippen LogP contribution in [-0.4, -0.2) is 22.3 Å². The van der Waals surface area contributed by atoms with Crippen LogP contribution in [0.2, 0.25) is 0 Å². The van der Waals surface area contributed by atoms with Crippen LogP contribution in [0.1, 0.15) is 24.2 Å². The van der Waals surface area contributed by atoms with Crippen molar-refractivity contribution in [1.29, 1.82) is 0 Å². The van der Waals surface area contributed by atoms with E-state index in [0.29, 0.717) is 11.7 Å². The maximum absolute atomic E-state index is 5.56. The third kappa shape index (κ3) is 1.98. The lowest BCUT2D eigenvalue weighted by Crippen LogP contribution is -2.00. The van der Waals surface area contributed by atoms with Gasteiger partial charge in [-0.05, 0) is 6.07 Å². The number of nitrogen functional groups attached to an aromatic ring is 1. The van der Waals surface area contributed by atoms with Crippen LogP contribution in [0.5, 0.6) is 5.88 Å². The first-order valence-corrected chi connectivity index (χ1v) is 5.02. The third-order valence-electron chi connectivity index (χ3n) is 2.48. The van der Waals surface area contributed by atoms with Gasteiger partial charge in [0.05, 0.1) is 12.8 Å². The summed E-state index contributed by atoms with van der Waals surface area (Å²) >= 11 is 0. The van der Waals surface area contributed by atoms with Crippen LogP contribution < -0.4 is 10.5 Å². The monoisotopic (exact) mass is 218 g/mol. The van der Waals surface area contributed by atoms with Gasteiger partial charge in [-0.25, -0.2) is 4.98 Å². The molecule has 0 saturated heterocycles. The zero-order valence-corrected chi connectivity index (χ0v) is 9.27. The summed E-state index contributed by atoms with van der Waals surface area (Å²) in [5, 5.41) is 6.78. The fourth-order valence-electron chi connectivity index (χ4n) is 1.52. The predicted octanol–water partition coefficient (Wildman–Crippen LogP) is 1.55. The van der Waals surface area contributed by atoms with E-state index in [0.717, 1.165) is 11.4 Å². The Morgan fingerprint density at radius 2 is 2.25 bits per heavy atom. The summed E-state index contributed by atoms with van der Waals surface area (Å²) in [5.41, 5.74) is 7.43. The molecule has 5 nitrogen and oxygen atoms in total. The molecule has 2 aromatic rings. The average molecular weight is 218 g/mol. The molecule has 84 valence electrons. The Hall–Kier alpha value is -2.04. The van der Waals surface area contributed by atoms with Gasteiger partial charge in [0.1, 0.15) is 5.82 Å². The summed E-state index contributed by atoms with van der Waals surface area (Å²) in [6.45, 7) is 2.04. The van der Waals surface area contributed by atoms with Gasteiger partial charge in [0, 0.05) is 23.7 Å². The minimum absolute atomic E-state index is 0.111. The molecular formula is C11H14N4O. The number of rotatable bonds is 3. The van der Waals surface area contributed by atoms with E-state index in [1.165, 1.54) is 0 Å². The molecule has 0 fully saturated rings. The van der Waals surface area contributed by atoms with E-state index in [9.17, 15) is 0 Å². The normalized spacial score (nSPS) is 12.4. The number of nitrogens with one attached hydrogen (secondary N) is 1. The van der Waals surface area contributed by atoms with E-state index >= 15 is 0 Å². The molecule has 0 aliphatic rings. The summed E-state index contributed by atoms with van der Waals surface area (Å²) in [6, 6.07) is 7.49. The van der Waals surface area contributed by atoms with Crippen molar-refractivity contribution in [3.05, 3.63) is 35.7 Å². The van der Waals surface area contributed by atoms with Crippen molar-refractivity contribution in [2.75, 3.05) is 12.8 Å². The Morgan fingerprint density at radius 1 is 1.44 bits per heavy atom. The van der Waals surface area contributed by atoms with Gasteiger partial charge in [-0.2, -0.15) is 5.10 Å². The van der Waals surface area contributed by atoms with Crippen molar-refractivity contribution in [3.8, 4) is 5.88 Å². The Kier molecular flexibility index (Phi) is 2.76. The number of hydrogen-bond acceptors (Lipinski definition) is 4. The lowest BCUT2D eigenvalue weighted by molar-refractivity contribution is 0.396. The Balaban J connectivity index is 2.29. The van der Waals surface area contributed by atoms with Gasteiger partial charge >= 0.3 is 0 Å². The molecule has 0 amide bonds. The molecule has 0 saturated carbocycles. The second kappa shape index (κ2) is 4.22. The summed E-state index contributed by atoms with van der Waals surface area (Å²) in [5.74, 6) is 1.21. The van der Waals surface area contributed by atoms with Gasteiger partial charge in [-0.3, -0.25) is 5.10 Å². The van der Waals surface area contributed by atoms with E-state index in [1.807, 2.05) is 31.2 Å². The van der Waals surface area contributed by atoms with Crippen molar-refractivity contribution < 1.29 is 4.74 Å². The van der Waals surface area contributed by atoms with Crippen LogP contribution >= 0.6 is 0 Å². The molecule has 0 aromatic carbocycles. The van der Waals surface area contributed by atoms with E-state index < -0.39 is 0 Å². The highest BCUT2D eigenvalue weighted by Crippen LogP contribution is 2.23. The first kappa shape index (κ1) is 10.5. The van der Waals surface area contributed by atoms with Gasteiger partial charge in [0.2, 0.25) is 5.88 Å². The highest BCUT2D eigenvalue weighted by molar-refractivity contribution is 5.33. The number of H-pyrrole nitrogens is 1. The highest BCUT2D eigenvalue weighted by atomic mass is 16.5. The summed E-state index contributed by atoms with van der Waals surface area (Å²) < 4.78 is 5.08. The molecule has 1 atom stereocenters. The second-order valence-electron chi connectivity index (χ2n) is 3.57. The van der Waals surface area contributed by atoms with Crippen LogP contribution in [0.3, 0.4) is 0 Å². The summed E-state index contributed by atoms with van der Waals surface area (Å²) in [7, 11) is 1.60. The topological polar surface area (TPSA) is 76.8 Å². The maximum Gasteiger partial charge on any atom is 0.213 e. The lowest BCUT2D eigenvalue weighted by atomic mass is 10.0. The number of nitrogens with zero attached hydrogens (tertiary/aromatic N) is 2. The first-order valence-electron chi connectivity index (χ1n) is 5.02. The molecule has 2 rings (SSSR count). The number of anilines is 1. The number of nitrogens with two attached hydrogens (primary N) is 1. The molecular weight excluding hydrogens is 204 g/mol. The quantitative estimate of drug-likeness (QED) is 0.819. The smallest absolute Gasteiger partial charge is 0.213 e.